The number of guanidine groups is 1. The molecule has 10 heteroatoms. The standard InChI is InChI=1S/C18H19Cl3N4O3/c19-10-3-5-14(12(21)8-10)27-15-6-4-11(20)9-16(15)28-17(26)13(22)2-1-7-25-18(23)24/h3-6,8-9,13H,1-2,7,22H2,(H4,23,24,25)/t13-/m0/s1. The Morgan fingerprint density at radius 2 is 1.71 bits per heavy atom. The maximum Gasteiger partial charge on any atom is 0.328 e. The summed E-state index contributed by atoms with van der Waals surface area (Å²) in [4.78, 5) is 12.3. The van der Waals surface area contributed by atoms with Gasteiger partial charge in [0.15, 0.2) is 17.5 Å². The van der Waals surface area contributed by atoms with Crippen LogP contribution in [0.5, 0.6) is 17.2 Å². The molecule has 2 aromatic carbocycles. The second-order valence-corrected chi connectivity index (χ2v) is 7.06. The van der Waals surface area contributed by atoms with Gasteiger partial charge in [0.1, 0.15) is 11.8 Å². The number of esters is 1. The molecular formula is C18H19Cl3N4O3. The van der Waals surface area contributed by atoms with Crippen molar-refractivity contribution in [1.82, 2.24) is 5.32 Å². The van der Waals surface area contributed by atoms with Crippen molar-refractivity contribution in [3.63, 3.8) is 0 Å². The Hall–Kier alpha value is -2.19. The minimum Gasteiger partial charge on any atom is -0.452 e. The Bertz CT molecular complexity index is 864. The maximum atomic E-state index is 12.3. The molecule has 1 atom stereocenters. The van der Waals surface area contributed by atoms with Crippen molar-refractivity contribution in [2.24, 2.45) is 11.5 Å². The van der Waals surface area contributed by atoms with Crippen LogP contribution in [0, 0.1) is 5.41 Å². The monoisotopic (exact) mass is 444 g/mol. The first-order valence-electron chi connectivity index (χ1n) is 8.24. The Morgan fingerprint density at radius 3 is 2.36 bits per heavy atom. The van der Waals surface area contributed by atoms with Gasteiger partial charge in [0, 0.05) is 22.7 Å². The third-order valence-corrected chi connectivity index (χ3v) is 4.31. The molecule has 6 N–H and O–H groups in total. The summed E-state index contributed by atoms with van der Waals surface area (Å²) >= 11 is 18.0. The number of carbonyl (C=O) groups excluding carboxylic acids is 1. The van der Waals surface area contributed by atoms with Crippen LogP contribution in [0.15, 0.2) is 36.4 Å². The van der Waals surface area contributed by atoms with Gasteiger partial charge < -0.3 is 26.3 Å². The number of hydrogen-bond donors (Lipinski definition) is 4. The average molecular weight is 446 g/mol. The van der Waals surface area contributed by atoms with Gasteiger partial charge in [0.05, 0.1) is 5.02 Å². The smallest absolute Gasteiger partial charge is 0.328 e. The van der Waals surface area contributed by atoms with E-state index in [4.69, 9.17) is 61.2 Å². The first-order chi connectivity index (χ1) is 13.3. The van der Waals surface area contributed by atoms with Gasteiger partial charge >= 0.3 is 5.97 Å². The highest BCUT2D eigenvalue weighted by Crippen LogP contribution is 2.37. The maximum absolute atomic E-state index is 12.3. The SMILES string of the molecule is N=C(N)NCCC[C@H](N)C(=O)Oc1cc(Cl)ccc1Oc1ccc(Cl)cc1Cl. The number of nitrogens with one attached hydrogen (secondary N) is 2. The zero-order valence-electron chi connectivity index (χ0n) is 14.7. The fourth-order valence-corrected chi connectivity index (χ4v) is 2.78. The van der Waals surface area contributed by atoms with Crippen molar-refractivity contribution in [3.8, 4) is 17.2 Å². The molecule has 7 nitrogen and oxygen atoms in total. The third-order valence-electron chi connectivity index (χ3n) is 3.54. The zero-order valence-corrected chi connectivity index (χ0v) is 16.9. The van der Waals surface area contributed by atoms with E-state index in [2.05, 4.69) is 5.32 Å². The van der Waals surface area contributed by atoms with E-state index in [1.807, 2.05) is 0 Å². The summed E-state index contributed by atoms with van der Waals surface area (Å²) in [5, 5.41) is 10.8. The van der Waals surface area contributed by atoms with Gasteiger partial charge in [0.25, 0.3) is 0 Å². The van der Waals surface area contributed by atoms with Gasteiger partial charge in [-0.15, -0.1) is 0 Å². The second kappa shape index (κ2) is 10.4. The number of hydrogen-bond acceptors (Lipinski definition) is 5. The predicted molar refractivity (Wildman–Crippen MR) is 111 cm³/mol. The van der Waals surface area contributed by atoms with Gasteiger partial charge in [0.2, 0.25) is 0 Å². The number of ether oxygens (including phenoxy) is 2. The first kappa shape index (κ1) is 22.1. The minimum atomic E-state index is -0.861. The average Bonchev–Trinajstić information content (AvgIpc) is 2.62. The Balaban J connectivity index is 2.07. The molecule has 0 saturated carbocycles. The van der Waals surface area contributed by atoms with Crippen LogP contribution >= 0.6 is 34.8 Å². The lowest BCUT2D eigenvalue weighted by atomic mass is 10.1. The summed E-state index contributed by atoms with van der Waals surface area (Å²) in [5.74, 6) is -0.0894. The molecule has 0 aliphatic carbocycles. The Morgan fingerprint density at radius 1 is 1.07 bits per heavy atom. The van der Waals surface area contributed by atoms with Crippen LogP contribution in [0.1, 0.15) is 12.8 Å². The highest BCUT2D eigenvalue weighted by molar-refractivity contribution is 6.35. The molecule has 0 unspecified atom stereocenters. The minimum absolute atomic E-state index is 0.112. The lowest BCUT2D eigenvalue weighted by Crippen LogP contribution is -2.36. The molecule has 0 bridgehead atoms. The van der Waals surface area contributed by atoms with E-state index in [-0.39, 0.29) is 17.5 Å². The molecule has 0 amide bonds. The largest absolute Gasteiger partial charge is 0.452 e. The van der Waals surface area contributed by atoms with Crippen LogP contribution in [-0.4, -0.2) is 24.5 Å². The molecule has 0 fully saturated rings. The van der Waals surface area contributed by atoms with Crippen LogP contribution in [-0.2, 0) is 4.79 Å². The van der Waals surface area contributed by atoms with E-state index in [1.54, 1.807) is 24.3 Å². The fraction of sp³-hybridized carbons (Fsp3) is 0.222. The van der Waals surface area contributed by atoms with Crippen molar-refractivity contribution >= 4 is 46.7 Å². The fourth-order valence-electron chi connectivity index (χ4n) is 2.17. The summed E-state index contributed by atoms with van der Waals surface area (Å²) in [6, 6.07) is 8.48. The second-order valence-electron chi connectivity index (χ2n) is 5.78. The van der Waals surface area contributed by atoms with E-state index in [9.17, 15) is 4.79 Å². The summed E-state index contributed by atoms with van der Waals surface area (Å²) in [7, 11) is 0. The molecule has 2 rings (SSSR count). The van der Waals surface area contributed by atoms with Crippen molar-refractivity contribution in [2.45, 2.75) is 18.9 Å². The van der Waals surface area contributed by atoms with Crippen molar-refractivity contribution < 1.29 is 14.3 Å². The van der Waals surface area contributed by atoms with Crippen LogP contribution in [0.4, 0.5) is 0 Å². The zero-order chi connectivity index (χ0) is 20.7. The van der Waals surface area contributed by atoms with Crippen LogP contribution in [0.25, 0.3) is 0 Å². The number of nitrogens with two attached hydrogens (primary N) is 2. The lowest BCUT2D eigenvalue weighted by molar-refractivity contribution is -0.136. The summed E-state index contributed by atoms with van der Waals surface area (Å²) in [5.41, 5.74) is 11.1. The topological polar surface area (TPSA) is 123 Å². The van der Waals surface area contributed by atoms with Crippen molar-refractivity contribution in [3.05, 3.63) is 51.5 Å². The molecule has 150 valence electrons. The molecule has 0 radical (unpaired) electrons. The first-order valence-corrected chi connectivity index (χ1v) is 9.37. The van der Waals surface area contributed by atoms with E-state index in [1.165, 1.54) is 12.1 Å². The molecule has 2 aromatic rings. The third kappa shape index (κ3) is 6.76. The molecule has 0 aliphatic rings. The summed E-state index contributed by atoms with van der Waals surface area (Å²) in [6.07, 6.45) is 0.883. The normalized spacial score (nSPS) is 11.6. The van der Waals surface area contributed by atoms with Gasteiger partial charge in [-0.05, 0) is 43.2 Å². The number of benzene rings is 2. The quantitative estimate of drug-likeness (QED) is 0.160. The molecular weight excluding hydrogens is 427 g/mol. The molecule has 0 spiro atoms. The highest BCUT2D eigenvalue weighted by Gasteiger charge is 2.19. The van der Waals surface area contributed by atoms with Crippen LogP contribution in [0.3, 0.4) is 0 Å². The van der Waals surface area contributed by atoms with Gasteiger partial charge in [-0.2, -0.15) is 0 Å². The van der Waals surface area contributed by atoms with E-state index >= 15 is 0 Å². The molecule has 0 saturated heterocycles. The summed E-state index contributed by atoms with van der Waals surface area (Å²) < 4.78 is 11.1. The predicted octanol–water partition coefficient (Wildman–Crippen LogP) is 3.94. The highest BCUT2D eigenvalue weighted by atomic mass is 35.5. The molecule has 0 aliphatic heterocycles. The van der Waals surface area contributed by atoms with Gasteiger partial charge in [-0.1, -0.05) is 34.8 Å². The van der Waals surface area contributed by atoms with E-state index in [0.717, 1.165) is 0 Å². The Kier molecular flexibility index (Phi) is 8.19. The van der Waals surface area contributed by atoms with E-state index < -0.39 is 12.0 Å². The molecule has 28 heavy (non-hydrogen) atoms. The summed E-state index contributed by atoms with van der Waals surface area (Å²) in [6.45, 7) is 0.427. The van der Waals surface area contributed by atoms with Crippen LogP contribution in [0.2, 0.25) is 15.1 Å². The Labute approximate surface area is 177 Å². The van der Waals surface area contributed by atoms with E-state index in [0.29, 0.717) is 40.2 Å². The molecule has 0 aromatic heterocycles. The lowest BCUT2D eigenvalue weighted by Gasteiger charge is -2.15. The molecule has 0 heterocycles. The van der Waals surface area contributed by atoms with Crippen molar-refractivity contribution in [2.75, 3.05) is 6.54 Å². The number of carbonyl (C=O) groups is 1. The van der Waals surface area contributed by atoms with Crippen molar-refractivity contribution in [1.29, 1.82) is 5.41 Å². The number of halogens is 3. The van der Waals surface area contributed by atoms with Crippen LogP contribution < -0.4 is 26.3 Å². The number of rotatable bonds is 8. The van der Waals surface area contributed by atoms with Gasteiger partial charge in [-0.3, -0.25) is 5.41 Å². The van der Waals surface area contributed by atoms with Gasteiger partial charge in [-0.25, -0.2) is 4.79 Å².